The molecule has 2 aromatic heterocycles. The summed E-state index contributed by atoms with van der Waals surface area (Å²) in [6.07, 6.45) is 3.37. The molecule has 0 atom stereocenters. The van der Waals surface area contributed by atoms with Gasteiger partial charge in [0.05, 0.1) is 23.9 Å². The average molecular weight is 299 g/mol. The van der Waals surface area contributed by atoms with Crippen LogP contribution in [0.15, 0.2) is 36.8 Å². The highest BCUT2D eigenvalue weighted by atomic mass is 32.1. The molecular weight excluding hydrogens is 286 g/mol. The molecule has 106 valence electrons. The number of nitrogens with one attached hydrogen (secondary N) is 2. The molecule has 0 bridgehead atoms. The van der Waals surface area contributed by atoms with Crippen LogP contribution >= 0.6 is 11.3 Å². The number of aryl methyl sites for hydroxylation is 1. The summed E-state index contributed by atoms with van der Waals surface area (Å²) in [5.41, 5.74) is 8.90. The molecule has 0 saturated carbocycles. The second kappa shape index (κ2) is 5.37. The highest BCUT2D eigenvalue weighted by Crippen LogP contribution is 2.22. The number of aromatic nitrogens is 3. The van der Waals surface area contributed by atoms with Gasteiger partial charge in [-0.25, -0.2) is 9.97 Å². The van der Waals surface area contributed by atoms with E-state index in [1.165, 1.54) is 11.3 Å². The molecule has 2 heterocycles. The molecule has 1 amide bonds. The van der Waals surface area contributed by atoms with Crippen LogP contribution in [0.1, 0.15) is 15.4 Å². The summed E-state index contributed by atoms with van der Waals surface area (Å²) in [5.74, 6) is -0.198. The molecule has 3 rings (SSSR count). The van der Waals surface area contributed by atoms with E-state index in [1.54, 1.807) is 19.4 Å². The Kier molecular flexibility index (Phi) is 3.41. The van der Waals surface area contributed by atoms with E-state index in [-0.39, 0.29) is 5.91 Å². The molecule has 0 unspecified atom stereocenters. The number of aromatic amines is 1. The number of nitrogens with two attached hydrogens (primary N) is 1. The van der Waals surface area contributed by atoms with Gasteiger partial charge < -0.3 is 16.0 Å². The third-order valence-corrected chi connectivity index (χ3v) is 3.96. The summed E-state index contributed by atoms with van der Waals surface area (Å²) in [4.78, 5) is 23.7. The molecule has 0 spiro atoms. The molecule has 0 saturated heterocycles. The lowest BCUT2D eigenvalue weighted by Crippen LogP contribution is -2.11. The molecule has 7 heteroatoms. The Labute approximate surface area is 125 Å². The molecule has 6 nitrogen and oxygen atoms in total. The van der Waals surface area contributed by atoms with Crippen LogP contribution in [0.4, 0.5) is 10.8 Å². The van der Waals surface area contributed by atoms with Crippen LogP contribution in [0.2, 0.25) is 0 Å². The lowest BCUT2D eigenvalue weighted by Gasteiger charge is -2.05. The summed E-state index contributed by atoms with van der Waals surface area (Å²) in [6.45, 7) is 1.77. The van der Waals surface area contributed by atoms with E-state index >= 15 is 0 Å². The van der Waals surface area contributed by atoms with Gasteiger partial charge in [0, 0.05) is 5.69 Å². The quantitative estimate of drug-likeness (QED) is 0.692. The van der Waals surface area contributed by atoms with Crippen molar-refractivity contribution in [1.82, 2.24) is 15.0 Å². The first-order chi connectivity index (χ1) is 10.1. The van der Waals surface area contributed by atoms with Crippen LogP contribution in [0.3, 0.4) is 0 Å². The van der Waals surface area contributed by atoms with Crippen LogP contribution in [-0.4, -0.2) is 20.9 Å². The van der Waals surface area contributed by atoms with E-state index in [9.17, 15) is 4.79 Å². The summed E-state index contributed by atoms with van der Waals surface area (Å²) in [7, 11) is 0. The van der Waals surface area contributed by atoms with Crippen LogP contribution in [0.25, 0.3) is 11.3 Å². The standard InChI is InChI=1S/C14H13N5OS/c1-8-12(21-14(15)18-8)13(20)19-10-4-2-9(3-5-10)11-6-16-7-17-11/h2-7H,1H3,(H2,15,18)(H,16,17)(H,19,20). The Morgan fingerprint density at radius 2 is 2.10 bits per heavy atom. The number of thiazole rings is 1. The Bertz CT molecular complexity index is 761. The number of nitrogen functional groups attached to an aromatic ring is 1. The maximum Gasteiger partial charge on any atom is 0.267 e. The monoisotopic (exact) mass is 299 g/mol. The van der Waals surface area contributed by atoms with Gasteiger partial charge in [-0.3, -0.25) is 4.79 Å². The second-order valence-electron chi connectivity index (χ2n) is 4.46. The van der Waals surface area contributed by atoms with E-state index < -0.39 is 0 Å². The number of amides is 1. The Hall–Kier alpha value is -2.67. The maximum atomic E-state index is 12.1. The fourth-order valence-corrected chi connectivity index (χ4v) is 2.69. The number of H-pyrrole nitrogens is 1. The molecule has 1 aromatic carbocycles. The lowest BCUT2D eigenvalue weighted by atomic mass is 10.1. The Morgan fingerprint density at radius 1 is 1.33 bits per heavy atom. The first-order valence-corrected chi connectivity index (χ1v) is 7.08. The third-order valence-electron chi connectivity index (χ3n) is 2.97. The number of rotatable bonds is 3. The van der Waals surface area contributed by atoms with E-state index in [4.69, 9.17) is 5.73 Å². The van der Waals surface area contributed by atoms with E-state index in [1.807, 2.05) is 24.3 Å². The minimum atomic E-state index is -0.198. The second-order valence-corrected chi connectivity index (χ2v) is 5.49. The largest absolute Gasteiger partial charge is 0.375 e. The van der Waals surface area contributed by atoms with Crippen molar-refractivity contribution in [2.45, 2.75) is 6.92 Å². The van der Waals surface area contributed by atoms with Gasteiger partial charge in [-0.15, -0.1) is 0 Å². The number of benzene rings is 1. The minimum Gasteiger partial charge on any atom is -0.375 e. The van der Waals surface area contributed by atoms with Gasteiger partial charge >= 0.3 is 0 Å². The zero-order chi connectivity index (χ0) is 14.8. The van der Waals surface area contributed by atoms with Gasteiger partial charge in [-0.2, -0.15) is 0 Å². The van der Waals surface area contributed by atoms with E-state index in [2.05, 4.69) is 20.3 Å². The topological polar surface area (TPSA) is 96.7 Å². The van der Waals surface area contributed by atoms with Crippen molar-refractivity contribution in [3.05, 3.63) is 47.4 Å². The molecule has 3 aromatic rings. The zero-order valence-electron chi connectivity index (χ0n) is 11.3. The minimum absolute atomic E-state index is 0.198. The van der Waals surface area contributed by atoms with E-state index in [0.29, 0.717) is 15.7 Å². The van der Waals surface area contributed by atoms with Gasteiger partial charge in [0.15, 0.2) is 5.13 Å². The van der Waals surface area contributed by atoms with E-state index in [0.717, 1.165) is 16.9 Å². The van der Waals surface area contributed by atoms with Crippen LogP contribution in [0, 0.1) is 6.92 Å². The Balaban J connectivity index is 1.76. The SMILES string of the molecule is Cc1nc(N)sc1C(=O)Nc1ccc(-c2cnc[nH]2)cc1. The number of hydrogen-bond acceptors (Lipinski definition) is 5. The van der Waals surface area contributed by atoms with Crippen molar-refractivity contribution < 1.29 is 4.79 Å². The molecule has 21 heavy (non-hydrogen) atoms. The number of imidazole rings is 1. The predicted molar refractivity (Wildman–Crippen MR) is 83.2 cm³/mol. The Morgan fingerprint density at radius 3 is 2.67 bits per heavy atom. The van der Waals surface area contributed by atoms with Crippen LogP contribution in [-0.2, 0) is 0 Å². The summed E-state index contributed by atoms with van der Waals surface area (Å²) >= 11 is 1.18. The smallest absolute Gasteiger partial charge is 0.267 e. The van der Waals surface area contributed by atoms with Gasteiger partial charge in [0.25, 0.3) is 5.91 Å². The van der Waals surface area contributed by atoms with Crippen LogP contribution < -0.4 is 11.1 Å². The van der Waals surface area contributed by atoms with Gasteiger partial charge in [0.1, 0.15) is 4.88 Å². The highest BCUT2D eigenvalue weighted by molar-refractivity contribution is 7.17. The van der Waals surface area contributed by atoms with Crippen molar-refractivity contribution in [2.24, 2.45) is 0 Å². The number of carbonyl (C=O) groups excluding carboxylic acids is 1. The summed E-state index contributed by atoms with van der Waals surface area (Å²) < 4.78 is 0. The number of carbonyl (C=O) groups is 1. The molecule has 0 aliphatic heterocycles. The van der Waals surface area contributed by atoms with Crippen molar-refractivity contribution in [2.75, 3.05) is 11.1 Å². The number of anilines is 2. The molecule has 0 aliphatic carbocycles. The fourth-order valence-electron chi connectivity index (χ4n) is 1.96. The van der Waals surface area contributed by atoms with Crippen molar-refractivity contribution >= 4 is 28.1 Å². The van der Waals surface area contributed by atoms with Gasteiger partial charge in [-0.05, 0) is 24.6 Å². The molecule has 0 aliphatic rings. The predicted octanol–water partition coefficient (Wildman–Crippen LogP) is 2.68. The number of hydrogen-bond donors (Lipinski definition) is 3. The van der Waals surface area contributed by atoms with Crippen molar-refractivity contribution in [3.8, 4) is 11.3 Å². The maximum absolute atomic E-state index is 12.1. The molecule has 0 radical (unpaired) electrons. The van der Waals surface area contributed by atoms with Crippen LogP contribution in [0.5, 0.6) is 0 Å². The zero-order valence-corrected chi connectivity index (χ0v) is 12.1. The summed E-state index contributed by atoms with van der Waals surface area (Å²) in [5, 5.41) is 3.23. The van der Waals surface area contributed by atoms with Crippen molar-refractivity contribution in [1.29, 1.82) is 0 Å². The third kappa shape index (κ3) is 2.77. The van der Waals surface area contributed by atoms with Gasteiger partial charge in [-0.1, -0.05) is 23.5 Å². The molecular formula is C14H13N5OS. The van der Waals surface area contributed by atoms with Gasteiger partial charge in [0.2, 0.25) is 0 Å². The summed E-state index contributed by atoms with van der Waals surface area (Å²) in [6, 6.07) is 7.51. The first-order valence-electron chi connectivity index (χ1n) is 6.26. The molecule has 0 fully saturated rings. The highest BCUT2D eigenvalue weighted by Gasteiger charge is 2.14. The fraction of sp³-hybridized carbons (Fsp3) is 0.0714. The number of nitrogens with zero attached hydrogens (tertiary/aromatic N) is 2. The normalized spacial score (nSPS) is 10.5. The van der Waals surface area contributed by atoms with Crippen molar-refractivity contribution in [3.63, 3.8) is 0 Å². The average Bonchev–Trinajstić information content (AvgIpc) is 3.09. The first kappa shape index (κ1) is 13.3. The lowest BCUT2D eigenvalue weighted by molar-refractivity contribution is 0.103. The molecule has 4 N–H and O–H groups in total.